The molecule has 98 valence electrons. The zero-order valence-corrected chi connectivity index (χ0v) is 14.0. The van der Waals surface area contributed by atoms with Gasteiger partial charge in [0.2, 0.25) is 0 Å². The largest absolute Gasteiger partial charge is 0.377 e. The van der Waals surface area contributed by atoms with Crippen molar-refractivity contribution >= 4 is 19.0 Å². The maximum absolute atomic E-state index is 6.34. The Morgan fingerprint density at radius 1 is 1.00 bits per heavy atom. The van der Waals surface area contributed by atoms with Crippen LogP contribution in [0.15, 0.2) is 12.3 Å². The van der Waals surface area contributed by atoms with Crippen molar-refractivity contribution in [1.82, 2.24) is 0 Å². The normalized spacial score (nSPS) is 40.3. The number of ether oxygens (including phenoxy) is 2. The van der Waals surface area contributed by atoms with Crippen LogP contribution in [-0.4, -0.2) is 42.7 Å². The lowest BCUT2D eigenvalue weighted by atomic mass is 9.96. The van der Waals surface area contributed by atoms with Crippen LogP contribution in [0.25, 0.3) is 0 Å². The van der Waals surface area contributed by atoms with Gasteiger partial charge in [-0.15, -0.1) is 12.3 Å². The molecule has 2 nitrogen and oxygen atoms in total. The topological polar surface area (TPSA) is 18.5 Å². The summed E-state index contributed by atoms with van der Waals surface area (Å²) in [6.45, 7) is 8.31. The lowest BCUT2D eigenvalue weighted by molar-refractivity contribution is -0.160. The molecule has 4 heteroatoms. The molecule has 2 rings (SSSR count). The standard InChI is InChI=1S/C13H26O2Si2/c1-3-17-13(9-5-7-11-15-13)12(16-2)8-4-6-10-14-12/h3H,1,4-11,16-17H2,2H3. The van der Waals surface area contributed by atoms with Gasteiger partial charge in [-0.25, -0.2) is 0 Å². The minimum absolute atomic E-state index is 0.106. The lowest BCUT2D eigenvalue weighted by Crippen LogP contribution is -2.65. The van der Waals surface area contributed by atoms with Crippen LogP contribution in [-0.2, 0) is 9.47 Å². The predicted octanol–water partition coefficient (Wildman–Crippen LogP) is 1.31. The van der Waals surface area contributed by atoms with E-state index < -0.39 is 9.52 Å². The Morgan fingerprint density at radius 3 is 2.00 bits per heavy atom. The molecule has 0 radical (unpaired) electrons. The van der Waals surface area contributed by atoms with Gasteiger partial charge in [-0.2, -0.15) is 0 Å². The van der Waals surface area contributed by atoms with Crippen molar-refractivity contribution in [2.75, 3.05) is 13.2 Å². The van der Waals surface area contributed by atoms with Gasteiger partial charge < -0.3 is 9.47 Å². The molecule has 17 heavy (non-hydrogen) atoms. The zero-order valence-electron chi connectivity index (χ0n) is 11.2. The van der Waals surface area contributed by atoms with Crippen LogP contribution in [0.2, 0.25) is 6.55 Å². The molecule has 0 saturated carbocycles. The second-order valence-electron chi connectivity index (χ2n) is 5.45. The number of hydrogen-bond donors (Lipinski definition) is 0. The van der Waals surface area contributed by atoms with Crippen LogP contribution in [0, 0.1) is 0 Å². The monoisotopic (exact) mass is 270 g/mol. The summed E-state index contributed by atoms with van der Waals surface area (Å²) >= 11 is 0. The fourth-order valence-electron chi connectivity index (χ4n) is 3.60. The van der Waals surface area contributed by atoms with Crippen LogP contribution in [0.3, 0.4) is 0 Å². The summed E-state index contributed by atoms with van der Waals surface area (Å²) < 4.78 is 12.7. The molecular weight excluding hydrogens is 244 g/mol. The Morgan fingerprint density at radius 2 is 1.59 bits per heavy atom. The SMILES string of the molecule is C=C[SiH2]C1(C2([SiH2]C)CCCCO2)CCCCO1. The third kappa shape index (κ3) is 2.45. The van der Waals surface area contributed by atoms with E-state index in [0.29, 0.717) is 0 Å². The summed E-state index contributed by atoms with van der Waals surface area (Å²) in [5.74, 6) is 0. The first-order chi connectivity index (χ1) is 8.29. The molecule has 2 aliphatic rings. The average molecular weight is 271 g/mol. The molecule has 0 bridgehead atoms. The fourth-order valence-corrected chi connectivity index (χ4v) is 8.50. The lowest BCUT2D eigenvalue weighted by Gasteiger charge is -2.53. The highest BCUT2D eigenvalue weighted by molar-refractivity contribution is 6.51. The molecule has 2 saturated heterocycles. The molecule has 0 aromatic carbocycles. The van der Waals surface area contributed by atoms with Crippen molar-refractivity contribution in [3.63, 3.8) is 0 Å². The van der Waals surface area contributed by atoms with Crippen molar-refractivity contribution < 1.29 is 9.47 Å². The van der Waals surface area contributed by atoms with Crippen LogP contribution >= 0.6 is 0 Å². The molecule has 0 aromatic rings. The number of rotatable bonds is 4. The van der Waals surface area contributed by atoms with Gasteiger partial charge >= 0.3 is 0 Å². The summed E-state index contributed by atoms with van der Waals surface area (Å²) in [7, 11) is -0.613. The van der Waals surface area contributed by atoms with Crippen molar-refractivity contribution in [3.8, 4) is 0 Å². The fraction of sp³-hybridized carbons (Fsp3) is 0.846. The first kappa shape index (κ1) is 13.5. The molecule has 2 aliphatic heterocycles. The van der Waals surface area contributed by atoms with Crippen LogP contribution in [0.5, 0.6) is 0 Å². The number of hydrogen-bond acceptors (Lipinski definition) is 2. The van der Waals surface area contributed by atoms with Gasteiger partial charge in [0.05, 0.1) is 29.5 Å². The molecule has 2 atom stereocenters. The molecule has 0 N–H and O–H groups in total. The van der Waals surface area contributed by atoms with Gasteiger partial charge in [-0.05, 0) is 38.5 Å². The van der Waals surface area contributed by atoms with Gasteiger partial charge in [-0.1, -0.05) is 6.55 Å². The maximum atomic E-state index is 6.34. The second-order valence-corrected chi connectivity index (χ2v) is 9.42. The highest BCUT2D eigenvalue weighted by Gasteiger charge is 2.52. The second kappa shape index (κ2) is 5.82. The van der Waals surface area contributed by atoms with E-state index in [1.807, 2.05) is 0 Å². The third-order valence-corrected chi connectivity index (χ3v) is 9.58. The van der Waals surface area contributed by atoms with Gasteiger partial charge in [0.1, 0.15) is 0 Å². The Bertz CT molecular complexity index is 256. The molecule has 2 heterocycles. The summed E-state index contributed by atoms with van der Waals surface area (Å²) in [5, 5.41) is 0.250. The highest BCUT2D eigenvalue weighted by atomic mass is 28.2. The van der Waals surface area contributed by atoms with Gasteiger partial charge in [0.25, 0.3) is 0 Å². The molecule has 0 aliphatic carbocycles. The molecular formula is C13H26O2Si2. The minimum Gasteiger partial charge on any atom is -0.377 e. The van der Waals surface area contributed by atoms with Crippen LogP contribution in [0.4, 0.5) is 0 Å². The van der Waals surface area contributed by atoms with E-state index in [2.05, 4.69) is 18.8 Å². The molecule has 2 unspecified atom stereocenters. The summed E-state index contributed by atoms with van der Waals surface area (Å²) in [5.41, 5.74) is 2.18. The average Bonchev–Trinajstić information content (AvgIpc) is 2.41. The molecule has 0 amide bonds. The quantitative estimate of drug-likeness (QED) is 0.717. The Balaban J connectivity index is 2.24. The van der Waals surface area contributed by atoms with E-state index in [4.69, 9.17) is 9.47 Å². The zero-order chi connectivity index (χ0) is 12.2. The van der Waals surface area contributed by atoms with Gasteiger partial charge in [0.15, 0.2) is 0 Å². The summed E-state index contributed by atoms with van der Waals surface area (Å²) in [6, 6.07) is 0. The van der Waals surface area contributed by atoms with E-state index >= 15 is 0 Å². The van der Waals surface area contributed by atoms with Crippen molar-refractivity contribution in [3.05, 3.63) is 12.3 Å². The predicted molar refractivity (Wildman–Crippen MR) is 78.2 cm³/mol. The van der Waals surface area contributed by atoms with Crippen molar-refractivity contribution in [1.29, 1.82) is 0 Å². The van der Waals surface area contributed by atoms with E-state index in [-0.39, 0.29) is 20.0 Å². The maximum Gasteiger partial charge on any atom is 0.0860 e. The molecule has 0 spiro atoms. The first-order valence-corrected chi connectivity index (χ1v) is 10.8. The van der Waals surface area contributed by atoms with Crippen molar-refractivity contribution in [2.24, 2.45) is 0 Å². The van der Waals surface area contributed by atoms with E-state index in [1.54, 1.807) is 0 Å². The molecule has 0 aromatic heterocycles. The van der Waals surface area contributed by atoms with Crippen molar-refractivity contribution in [2.45, 2.75) is 55.5 Å². The molecule has 2 fully saturated rings. The summed E-state index contributed by atoms with van der Waals surface area (Å²) in [6.07, 6.45) is 7.59. The van der Waals surface area contributed by atoms with E-state index in [0.717, 1.165) is 13.2 Å². The van der Waals surface area contributed by atoms with Gasteiger partial charge in [0, 0.05) is 13.2 Å². The van der Waals surface area contributed by atoms with E-state index in [9.17, 15) is 0 Å². The van der Waals surface area contributed by atoms with Gasteiger partial charge in [-0.3, -0.25) is 0 Å². The van der Waals surface area contributed by atoms with Crippen LogP contribution < -0.4 is 0 Å². The Hall–Kier alpha value is 0.0938. The van der Waals surface area contributed by atoms with E-state index in [1.165, 1.54) is 38.5 Å². The minimum atomic E-state index is -0.392. The third-order valence-electron chi connectivity index (χ3n) is 4.58. The Kier molecular flexibility index (Phi) is 4.63. The first-order valence-electron chi connectivity index (χ1n) is 7.17. The summed E-state index contributed by atoms with van der Waals surface area (Å²) in [4.78, 5) is 0. The van der Waals surface area contributed by atoms with Crippen LogP contribution in [0.1, 0.15) is 38.5 Å². The smallest absolute Gasteiger partial charge is 0.0860 e. The highest BCUT2D eigenvalue weighted by Crippen LogP contribution is 2.41. The Labute approximate surface area is 110 Å².